The van der Waals surface area contributed by atoms with E-state index in [9.17, 15) is 9.59 Å². The fraction of sp³-hybridized carbons (Fsp3) is 0.333. The van der Waals surface area contributed by atoms with Crippen molar-refractivity contribution in [3.8, 4) is 0 Å². The lowest BCUT2D eigenvalue weighted by atomic mass is 9.73. The van der Waals surface area contributed by atoms with Crippen LogP contribution in [0.2, 0.25) is 5.02 Å². The number of amides is 1. The van der Waals surface area contributed by atoms with E-state index < -0.39 is 11.4 Å². The van der Waals surface area contributed by atoms with Gasteiger partial charge in [-0.3, -0.25) is 9.59 Å². The van der Waals surface area contributed by atoms with Crippen molar-refractivity contribution >= 4 is 23.5 Å². The zero-order valence-electron chi connectivity index (χ0n) is 20.3. The first-order valence-electron chi connectivity index (χ1n) is 12.2. The van der Waals surface area contributed by atoms with Crippen molar-refractivity contribution < 1.29 is 14.3 Å². The number of hydrogen-bond donors (Lipinski definition) is 0. The van der Waals surface area contributed by atoms with Gasteiger partial charge in [-0.1, -0.05) is 98.2 Å². The second-order valence-electron chi connectivity index (χ2n) is 9.71. The van der Waals surface area contributed by atoms with E-state index in [4.69, 9.17) is 16.3 Å². The van der Waals surface area contributed by atoms with Crippen LogP contribution in [0.3, 0.4) is 0 Å². The van der Waals surface area contributed by atoms with E-state index in [1.807, 2.05) is 97.6 Å². The molecule has 3 aromatic carbocycles. The Labute approximate surface area is 212 Å². The third kappa shape index (κ3) is 5.59. The Balaban J connectivity index is 1.77. The molecule has 0 bridgehead atoms. The molecule has 0 spiro atoms. The highest BCUT2D eigenvalue weighted by molar-refractivity contribution is 6.30. The van der Waals surface area contributed by atoms with Crippen LogP contribution in [0, 0.1) is 11.3 Å². The number of benzene rings is 3. The number of esters is 1. The third-order valence-electron chi connectivity index (χ3n) is 6.55. The van der Waals surface area contributed by atoms with Crippen LogP contribution in [-0.2, 0) is 20.7 Å². The third-order valence-corrected chi connectivity index (χ3v) is 6.78. The van der Waals surface area contributed by atoms with E-state index in [1.54, 1.807) is 6.07 Å². The summed E-state index contributed by atoms with van der Waals surface area (Å²) in [6.07, 6.45) is 1.41. The van der Waals surface area contributed by atoms with Gasteiger partial charge in [-0.25, -0.2) is 0 Å². The number of ether oxygens (including phenoxy) is 1. The van der Waals surface area contributed by atoms with E-state index in [0.29, 0.717) is 24.4 Å². The van der Waals surface area contributed by atoms with Gasteiger partial charge in [0.05, 0.1) is 12.6 Å². The van der Waals surface area contributed by atoms with Crippen LogP contribution in [0.1, 0.15) is 49.4 Å². The number of carbonyl (C=O) groups is 2. The second kappa shape index (κ2) is 11.1. The van der Waals surface area contributed by atoms with E-state index >= 15 is 0 Å². The summed E-state index contributed by atoms with van der Waals surface area (Å²) in [5.41, 5.74) is 1.59. The van der Waals surface area contributed by atoms with Gasteiger partial charge in [-0.2, -0.15) is 0 Å². The Morgan fingerprint density at radius 3 is 2.17 bits per heavy atom. The molecule has 5 heteroatoms. The summed E-state index contributed by atoms with van der Waals surface area (Å²) in [6.45, 7) is 4.84. The number of halogens is 1. The number of hydrogen-bond acceptors (Lipinski definition) is 3. The molecule has 1 saturated heterocycles. The minimum Gasteiger partial charge on any atom is -0.465 e. The zero-order chi connectivity index (χ0) is 24.8. The maximum atomic E-state index is 14.4. The highest BCUT2D eigenvalue weighted by atomic mass is 35.5. The molecule has 1 aliphatic heterocycles. The van der Waals surface area contributed by atoms with Crippen molar-refractivity contribution in [1.29, 1.82) is 0 Å². The van der Waals surface area contributed by atoms with E-state index in [2.05, 4.69) is 0 Å². The van der Waals surface area contributed by atoms with Gasteiger partial charge in [0, 0.05) is 11.6 Å². The maximum absolute atomic E-state index is 14.4. The fourth-order valence-electron chi connectivity index (χ4n) is 4.91. The van der Waals surface area contributed by atoms with Crippen LogP contribution in [0.4, 0.5) is 0 Å². The molecular formula is C30H32ClNO3. The van der Waals surface area contributed by atoms with Gasteiger partial charge in [0.15, 0.2) is 5.41 Å². The van der Waals surface area contributed by atoms with Gasteiger partial charge in [0.2, 0.25) is 5.91 Å². The molecule has 182 valence electrons. The quantitative estimate of drug-likeness (QED) is 0.269. The SMILES string of the molecule is CC(C)COC(=O)C1(Cc2cccc(Cl)c2)CCCN(C(c2ccccc2)c2ccccc2)C1=O. The van der Waals surface area contributed by atoms with Crippen LogP contribution in [0.25, 0.3) is 0 Å². The largest absolute Gasteiger partial charge is 0.465 e. The summed E-state index contributed by atoms with van der Waals surface area (Å²) in [5, 5.41) is 0.583. The predicted molar refractivity (Wildman–Crippen MR) is 139 cm³/mol. The van der Waals surface area contributed by atoms with Crippen molar-refractivity contribution in [3.05, 3.63) is 107 Å². The van der Waals surface area contributed by atoms with Crippen LogP contribution in [-0.4, -0.2) is 29.9 Å². The molecule has 1 heterocycles. The summed E-state index contributed by atoms with van der Waals surface area (Å²) in [6, 6.07) is 27.1. The Kier molecular flexibility index (Phi) is 7.92. The topological polar surface area (TPSA) is 46.6 Å². The average molecular weight is 490 g/mol. The summed E-state index contributed by atoms with van der Waals surface area (Å²) in [7, 11) is 0. The van der Waals surface area contributed by atoms with Gasteiger partial charge >= 0.3 is 5.97 Å². The Hall–Kier alpha value is -3.11. The number of likely N-dealkylation sites (tertiary alicyclic amines) is 1. The molecule has 1 aliphatic rings. The lowest BCUT2D eigenvalue weighted by Crippen LogP contribution is -2.55. The first-order valence-corrected chi connectivity index (χ1v) is 12.6. The molecular weight excluding hydrogens is 458 g/mol. The van der Waals surface area contributed by atoms with Gasteiger partial charge in [0.1, 0.15) is 0 Å². The highest BCUT2D eigenvalue weighted by Gasteiger charge is 2.53. The first kappa shape index (κ1) is 25.0. The molecule has 0 saturated carbocycles. The minimum atomic E-state index is -1.29. The average Bonchev–Trinajstić information content (AvgIpc) is 2.86. The standard InChI is InChI=1S/C30H32ClNO3/c1-22(2)21-35-29(34)30(20-23-11-9-16-26(31)19-23)17-10-18-32(28(30)33)27(24-12-5-3-6-13-24)25-14-7-4-8-15-25/h3-9,11-16,19,22,27H,10,17-18,20-21H2,1-2H3. The highest BCUT2D eigenvalue weighted by Crippen LogP contribution is 2.42. The number of carbonyl (C=O) groups excluding carboxylic acids is 2. The molecule has 1 unspecified atom stereocenters. The van der Waals surface area contributed by atoms with E-state index in [-0.39, 0.29) is 30.9 Å². The molecule has 35 heavy (non-hydrogen) atoms. The van der Waals surface area contributed by atoms with Crippen molar-refractivity contribution in [2.75, 3.05) is 13.2 Å². The smallest absolute Gasteiger partial charge is 0.322 e. The summed E-state index contributed by atoms with van der Waals surface area (Å²) < 4.78 is 5.74. The molecule has 0 aromatic heterocycles. The molecule has 1 atom stereocenters. The van der Waals surface area contributed by atoms with Gasteiger partial charge in [-0.15, -0.1) is 0 Å². The van der Waals surface area contributed by atoms with Crippen molar-refractivity contribution in [3.63, 3.8) is 0 Å². The lowest BCUT2D eigenvalue weighted by Gasteiger charge is -2.44. The van der Waals surface area contributed by atoms with Crippen molar-refractivity contribution in [1.82, 2.24) is 4.90 Å². The number of rotatable bonds is 8. The molecule has 0 aliphatic carbocycles. The molecule has 0 radical (unpaired) electrons. The first-order chi connectivity index (χ1) is 16.9. The van der Waals surface area contributed by atoms with Gasteiger partial charge in [-0.05, 0) is 54.0 Å². The van der Waals surface area contributed by atoms with Crippen molar-refractivity contribution in [2.45, 2.75) is 39.2 Å². The molecule has 1 fully saturated rings. The maximum Gasteiger partial charge on any atom is 0.322 e. The van der Waals surface area contributed by atoms with Gasteiger partial charge < -0.3 is 9.64 Å². The Morgan fingerprint density at radius 1 is 0.971 bits per heavy atom. The molecule has 3 aromatic rings. The van der Waals surface area contributed by atoms with Gasteiger partial charge in [0.25, 0.3) is 0 Å². The number of nitrogens with zero attached hydrogens (tertiary/aromatic N) is 1. The van der Waals surface area contributed by atoms with E-state index in [0.717, 1.165) is 16.7 Å². The summed E-state index contributed by atoms with van der Waals surface area (Å²) in [5.74, 6) is -0.450. The number of piperidine rings is 1. The molecule has 1 amide bonds. The van der Waals surface area contributed by atoms with Crippen LogP contribution >= 0.6 is 11.6 Å². The minimum absolute atomic E-state index is 0.179. The van der Waals surface area contributed by atoms with E-state index in [1.165, 1.54) is 0 Å². The van der Waals surface area contributed by atoms with Crippen molar-refractivity contribution in [2.24, 2.45) is 11.3 Å². The molecule has 4 nitrogen and oxygen atoms in total. The molecule has 0 N–H and O–H groups in total. The fourth-order valence-corrected chi connectivity index (χ4v) is 5.12. The Bertz CT molecular complexity index is 1110. The normalized spacial score (nSPS) is 18.2. The zero-order valence-corrected chi connectivity index (χ0v) is 21.1. The summed E-state index contributed by atoms with van der Waals surface area (Å²) in [4.78, 5) is 29.9. The second-order valence-corrected chi connectivity index (χ2v) is 10.1. The van der Waals surface area contributed by atoms with Crippen LogP contribution < -0.4 is 0 Å². The Morgan fingerprint density at radius 2 is 1.60 bits per heavy atom. The van der Waals surface area contributed by atoms with Crippen LogP contribution in [0.15, 0.2) is 84.9 Å². The lowest BCUT2D eigenvalue weighted by molar-refractivity contribution is -0.171. The monoisotopic (exact) mass is 489 g/mol. The summed E-state index contributed by atoms with van der Waals surface area (Å²) >= 11 is 6.25. The predicted octanol–water partition coefficient (Wildman–Crippen LogP) is 6.48. The van der Waals surface area contributed by atoms with Crippen LogP contribution in [0.5, 0.6) is 0 Å². The molecule has 4 rings (SSSR count).